The van der Waals surface area contributed by atoms with Crippen LogP contribution in [0.3, 0.4) is 0 Å². The van der Waals surface area contributed by atoms with Gasteiger partial charge >= 0.3 is 12.4 Å². The Balaban J connectivity index is 0. The molecule has 0 aromatic carbocycles. The summed E-state index contributed by atoms with van der Waals surface area (Å²) >= 11 is 0. The quantitative estimate of drug-likeness (QED) is 0.482. The van der Waals surface area contributed by atoms with Crippen LogP contribution in [-0.2, 0) is 9.60 Å². The van der Waals surface area contributed by atoms with Crippen LogP contribution in [0, 0.1) is 0 Å². The lowest BCUT2D eigenvalue weighted by molar-refractivity contribution is -0.339. The highest BCUT2D eigenvalue weighted by atomic mass is 36.0. The number of hydrogen-bond acceptors (Lipinski definition) is 1. The second-order valence-corrected chi connectivity index (χ2v) is 3.70. The van der Waals surface area contributed by atoms with Gasteiger partial charge in [0.15, 0.2) is 31.0 Å². The first kappa shape index (κ1) is 15.0. The van der Waals surface area contributed by atoms with Crippen molar-refractivity contribution in [1.82, 2.24) is 0 Å². The standard InChI is InChI=1S/C2F6.Cl2OS/c3-1(4,5)2(6,7)8;1-4(2)3. The van der Waals surface area contributed by atoms with Crippen LogP contribution in [0.5, 0.6) is 0 Å². The fraction of sp³-hybridized carbons (Fsp3) is 1.00. The number of rotatable bonds is 0. The first-order chi connectivity index (χ1) is 4.98. The Morgan fingerprint density at radius 2 is 0.917 bits per heavy atom. The SMILES string of the molecule is FC(F)(F)C(F)(F)F.[O-][S+](Cl)Cl. The molecular formula is C2Cl2F6OS. The molecule has 76 valence electrons. The Morgan fingerprint density at radius 1 is 0.833 bits per heavy atom. The molecule has 0 rings (SSSR count). The Hall–Kier alpha value is 0.470. The summed E-state index contributed by atoms with van der Waals surface area (Å²) in [5, 5.41) is 0. The molecule has 0 N–H and O–H groups in total. The average Bonchev–Trinajstić information content (AvgIpc) is 1.55. The summed E-state index contributed by atoms with van der Waals surface area (Å²) in [5.41, 5.74) is 0. The smallest absolute Gasteiger partial charge is 0.487 e. The minimum absolute atomic E-state index is 1.67. The summed E-state index contributed by atoms with van der Waals surface area (Å²) in [5.74, 6) is 0. The van der Waals surface area contributed by atoms with E-state index in [1.807, 2.05) is 0 Å². The highest BCUT2D eigenvalue weighted by Gasteiger charge is 2.58. The number of halogens is 8. The van der Waals surface area contributed by atoms with Gasteiger partial charge in [0, 0.05) is 0 Å². The van der Waals surface area contributed by atoms with E-state index in [1.165, 1.54) is 0 Å². The third-order valence-corrected chi connectivity index (χ3v) is 0.321. The van der Waals surface area contributed by atoms with Gasteiger partial charge in [-0.15, -0.1) is 0 Å². The van der Waals surface area contributed by atoms with Crippen LogP contribution in [0.1, 0.15) is 0 Å². The minimum atomic E-state index is -6.06. The van der Waals surface area contributed by atoms with Crippen molar-refractivity contribution in [2.75, 3.05) is 0 Å². The van der Waals surface area contributed by atoms with E-state index in [0.29, 0.717) is 0 Å². The van der Waals surface area contributed by atoms with Crippen molar-refractivity contribution in [3.8, 4) is 0 Å². The van der Waals surface area contributed by atoms with Crippen LogP contribution in [0.2, 0.25) is 0 Å². The van der Waals surface area contributed by atoms with Crippen molar-refractivity contribution >= 4 is 31.0 Å². The molecular weight excluding hydrogens is 257 g/mol. The molecule has 0 bridgehead atoms. The average molecular weight is 257 g/mol. The molecule has 0 aromatic heterocycles. The molecule has 0 saturated heterocycles. The van der Waals surface area contributed by atoms with Gasteiger partial charge in [-0.25, -0.2) is 0 Å². The molecule has 0 radical (unpaired) electrons. The van der Waals surface area contributed by atoms with E-state index in [0.717, 1.165) is 0 Å². The maximum absolute atomic E-state index is 10.4. The highest BCUT2D eigenvalue weighted by Crippen LogP contribution is 2.35. The van der Waals surface area contributed by atoms with E-state index < -0.39 is 22.0 Å². The Bertz CT molecular complexity index is 105. The van der Waals surface area contributed by atoms with Gasteiger partial charge in [-0.2, -0.15) is 26.3 Å². The second kappa shape index (κ2) is 5.25. The molecule has 0 fully saturated rings. The molecule has 0 saturated carbocycles. The zero-order valence-electron chi connectivity index (χ0n) is 4.84. The molecule has 12 heavy (non-hydrogen) atoms. The summed E-state index contributed by atoms with van der Waals surface area (Å²) in [6, 6.07) is 0. The maximum Gasteiger partial charge on any atom is 0.487 e. The van der Waals surface area contributed by atoms with Crippen molar-refractivity contribution in [2.24, 2.45) is 0 Å². The third-order valence-electron chi connectivity index (χ3n) is 0.321. The van der Waals surface area contributed by atoms with Gasteiger partial charge in [0.1, 0.15) is 0 Å². The van der Waals surface area contributed by atoms with Crippen molar-refractivity contribution < 1.29 is 30.9 Å². The summed E-state index contributed by atoms with van der Waals surface area (Å²) in [6.07, 6.45) is -12.1. The predicted octanol–water partition coefficient (Wildman–Crippen LogP) is 3.15. The molecule has 0 amide bonds. The molecule has 0 aliphatic carbocycles. The molecule has 0 spiro atoms. The van der Waals surface area contributed by atoms with E-state index in [2.05, 4.69) is 21.4 Å². The van der Waals surface area contributed by atoms with Gasteiger partial charge in [0.2, 0.25) is 0 Å². The molecule has 0 unspecified atom stereocenters. The largest absolute Gasteiger partial charge is 0.582 e. The summed E-state index contributed by atoms with van der Waals surface area (Å²) in [4.78, 5) is 0. The summed E-state index contributed by atoms with van der Waals surface area (Å²) in [6.45, 7) is 0. The fourth-order valence-corrected chi connectivity index (χ4v) is 0. The van der Waals surface area contributed by atoms with Gasteiger partial charge in [-0.05, 0) is 0 Å². The number of hydrogen-bond donors (Lipinski definition) is 0. The highest BCUT2D eigenvalue weighted by molar-refractivity contribution is 8.31. The first-order valence-electron chi connectivity index (χ1n) is 1.86. The van der Waals surface area contributed by atoms with Crippen LogP contribution in [0.15, 0.2) is 0 Å². The predicted molar refractivity (Wildman–Crippen MR) is 32.0 cm³/mol. The normalized spacial score (nSPS) is 12.5. The van der Waals surface area contributed by atoms with E-state index in [9.17, 15) is 26.3 Å². The summed E-state index contributed by atoms with van der Waals surface area (Å²) in [7, 11) is 7.36. The van der Waals surface area contributed by atoms with E-state index in [1.54, 1.807) is 0 Å². The van der Waals surface area contributed by atoms with E-state index in [-0.39, 0.29) is 0 Å². The zero-order chi connectivity index (χ0) is 10.6. The lowest BCUT2D eigenvalue weighted by Crippen LogP contribution is -2.30. The fourth-order valence-electron chi connectivity index (χ4n) is 0. The Labute approximate surface area is 74.8 Å². The van der Waals surface area contributed by atoms with Crippen LogP contribution in [-0.4, -0.2) is 16.9 Å². The van der Waals surface area contributed by atoms with Crippen molar-refractivity contribution in [1.29, 1.82) is 0 Å². The molecule has 1 nitrogen and oxygen atoms in total. The number of alkyl halides is 6. The van der Waals surface area contributed by atoms with Crippen molar-refractivity contribution in [3.05, 3.63) is 0 Å². The molecule has 0 aliphatic rings. The monoisotopic (exact) mass is 256 g/mol. The van der Waals surface area contributed by atoms with Crippen LogP contribution in [0.25, 0.3) is 0 Å². The van der Waals surface area contributed by atoms with Crippen molar-refractivity contribution in [3.63, 3.8) is 0 Å². The van der Waals surface area contributed by atoms with Gasteiger partial charge in [0.05, 0.1) is 0 Å². The summed E-state index contributed by atoms with van der Waals surface area (Å²) < 4.78 is 71.7. The Morgan fingerprint density at radius 3 is 0.917 bits per heavy atom. The first-order valence-corrected chi connectivity index (χ1v) is 4.66. The lowest BCUT2D eigenvalue weighted by Gasteiger charge is -2.08. The third kappa shape index (κ3) is 10.5. The van der Waals surface area contributed by atoms with Gasteiger partial charge in [-0.3, -0.25) is 0 Å². The second-order valence-electron chi connectivity index (χ2n) is 1.18. The van der Waals surface area contributed by atoms with Crippen LogP contribution >= 0.6 is 21.4 Å². The lowest BCUT2D eigenvalue weighted by atomic mass is 10.7. The maximum atomic E-state index is 10.4. The van der Waals surface area contributed by atoms with E-state index >= 15 is 0 Å². The molecule has 10 heteroatoms. The molecule has 0 heterocycles. The van der Waals surface area contributed by atoms with Gasteiger partial charge in [-0.1, -0.05) is 0 Å². The Kier molecular flexibility index (Phi) is 6.55. The van der Waals surface area contributed by atoms with E-state index in [4.69, 9.17) is 4.55 Å². The van der Waals surface area contributed by atoms with Crippen LogP contribution < -0.4 is 0 Å². The zero-order valence-corrected chi connectivity index (χ0v) is 7.17. The van der Waals surface area contributed by atoms with Crippen molar-refractivity contribution in [2.45, 2.75) is 12.4 Å². The topological polar surface area (TPSA) is 23.1 Å². The molecule has 0 aliphatic heterocycles. The minimum Gasteiger partial charge on any atom is -0.582 e. The molecule has 0 aromatic rings. The van der Waals surface area contributed by atoms with Gasteiger partial charge < -0.3 is 4.55 Å². The van der Waals surface area contributed by atoms with Gasteiger partial charge in [0.25, 0.3) is 0 Å². The van der Waals surface area contributed by atoms with Crippen LogP contribution in [0.4, 0.5) is 26.3 Å². The molecule has 0 atom stereocenters.